The molecule has 1 aliphatic heterocycles. The fourth-order valence-electron chi connectivity index (χ4n) is 3.82. The number of rotatable bonds is 9. The molecule has 1 saturated heterocycles. The first kappa shape index (κ1) is 20.0. The third-order valence-corrected chi connectivity index (χ3v) is 7.43. The SMILES string of the molecule is NC1(C2(OS(=O)(=O)N3C[C@H](CCCB(O)O)[C@](N)(C(=O)O)C3)CC2)CC1. The molecule has 7 N–H and O–H groups in total. The van der Waals surface area contributed by atoms with Crippen LogP contribution in [0, 0.1) is 5.92 Å². The van der Waals surface area contributed by atoms with E-state index in [0.717, 1.165) is 4.31 Å². The summed E-state index contributed by atoms with van der Waals surface area (Å²) in [6, 6.07) is 0. The molecule has 10 nitrogen and oxygen atoms in total. The highest BCUT2D eigenvalue weighted by Gasteiger charge is 2.67. The molecule has 0 unspecified atom stereocenters. The van der Waals surface area contributed by atoms with Crippen molar-refractivity contribution in [1.82, 2.24) is 4.31 Å². The van der Waals surface area contributed by atoms with E-state index in [9.17, 15) is 18.3 Å². The third kappa shape index (κ3) is 3.51. The molecule has 3 rings (SSSR count). The van der Waals surface area contributed by atoms with Crippen molar-refractivity contribution in [1.29, 1.82) is 0 Å². The molecule has 3 fully saturated rings. The summed E-state index contributed by atoms with van der Waals surface area (Å²) in [6.45, 7) is -0.467. The first-order valence-electron chi connectivity index (χ1n) is 8.82. The zero-order valence-corrected chi connectivity index (χ0v) is 15.3. The highest BCUT2D eigenvalue weighted by molar-refractivity contribution is 7.84. The lowest BCUT2D eigenvalue weighted by Gasteiger charge is -2.26. The molecule has 0 aromatic rings. The molecule has 0 spiro atoms. The van der Waals surface area contributed by atoms with Gasteiger partial charge in [0, 0.05) is 24.5 Å². The van der Waals surface area contributed by atoms with E-state index in [1.807, 2.05) is 0 Å². The minimum absolute atomic E-state index is 0.0637. The summed E-state index contributed by atoms with van der Waals surface area (Å²) in [6.07, 6.45) is 3.21. The van der Waals surface area contributed by atoms with Crippen molar-refractivity contribution in [3.05, 3.63) is 0 Å². The van der Waals surface area contributed by atoms with E-state index in [4.69, 9.17) is 25.7 Å². The van der Waals surface area contributed by atoms with Gasteiger partial charge in [0.2, 0.25) is 0 Å². The summed E-state index contributed by atoms with van der Waals surface area (Å²) in [4.78, 5) is 11.7. The van der Waals surface area contributed by atoms with Gasteiger partial charge < -0.3 is 26.6 Å². The Morgan fingerprint density at radius 2 is 1.85 bits per heavy atom. The van der Waals surface area contributed by atoms with Crippen molar-refractivity contribution < 1.29 is 32.5 Å². The molecule has 148 valence electrons. The first-order chi connectivity index (χ1) is 11.9. The highest BCUT2D eigenvalue weighted by Crippen LogP contribution is 2.58. The van der Waals surface area contributed by atoms with Gasteiger partial charge in [-0.2, -0.15) is 12.7 Å². The predicted molar refractivity (Wildman–Crippen MR) is 92.0 cm³/mol. The molecule has 2 atom stereocenters. The van der Waals surface area contributed by atoms with Crippen molar-refractivity contribution in [2.45, 2.75) is 61.5 Å². The van der Waals surface area contributed by atoms with Crippen LogP contribution < -0.4 is 11.5 Å². The maximum absolute atomic E-state index is 12.7. The van der Waals surface area contributed by atoms with Crippen LogP contribution in [0.15, 0.2) is 0 Å². The normalized spacial score (nSPS) is 32.4. The maximum Gasteiger partial charge on any atom is 0.451 e. The lowest BCUT2D eigenvalue weighted by atomic mass is 9.78. The smallest absolute Gasteiger partial charge is 0.451 e. The van der Waals surface area contributed by atoms with Crippen molar-refractivity contribution >= 4 is 23.4 Å². The van der Waals surface area contributed by atoms with Gasteiger partial charge in [0.05, 0.1) is 0 Å². The molecule has 0 aromatic heterocycles. The van der Waals surface area contributed by atoms with Crippen LogP contribution in [0.5, 0.6) is 0 Å². The van der Waals surface area contributed by atoms with E-state index in [1.165, 1.54) is 0 Å². The van der Waals surface area contributed by atoms with E-state index in [-0.39, 0.29) is 25.8 Å². The van der Waals surface area contributed by atoms with Crippen LogP contribution >= 0.6 is 0 Å². The Kier molecular flexibility index (Phi) is 4.92. The van der Waals surface area contributed by atoms with Crippen molar-refractivity contribution in [2.75, 3.05) is 13.1 Å². The lowest BCUT2D eigenvalue weighted by Crippen LogP contribution is -2.55. The maximum atomic E-state index is 12.7. The lowest BCUT2D eigenvalue weighted by molar-refractivity contribution is -0.144. The predicted octanol–water partition coefficient (Wildman–Crippen LogP) is -1.76. The Morgan fingerprint density at radius 3 is 2.31 bits per heavy atom. The van der Waals surface area contributed by atoms with Crippen LogP contribution in [-0.2, 0) is 19.3 Å². The van der Waals surface area contributed by atoms with Gasteiger partial charge in [-0.25, -0.2) is 4.18 Å². The molecule has 2 saturated carbocycles. The number of hydrogen-bond donors (Lipinski definition) is 5. The van der Waals surface area contributed by atoms with Crippen LogP contribution in [0.3, 0.4) is 0 Å². The Morgan fingerprint density at radius 1 is 1.23 bits per heavy atom. The van der Waals surface area contributed by atoms with Crippen LogP contribution in [0.2, 0.25) is 6.32 Å². The average molecular weight is 391 g/mol. The summed E-state index contributed by atoms with van der Waals surface area (Å²) < 4.78 is 31.9. The van der Waals surface area contributed by atoms with Gasteiger partial charge in [0.1, 0.15) is 11.1 Å². The number of nitrogens with zero attached hydrogens (tertiary/aromatic N) is 1. The monoisotopic (exact) mass is 391 g/mol. The molecule has 12 heteroatoms. The second kappa shape index (κ2) is 6.40. The zero-order chi connectivity index (χ0) is 19.4. The van der Waals surface area contributed by atoms with Gasteiger partial charge in [0.15, 0.2) is 0 Å². The third-order valence-electron chi connectivity index (χ3n) is 5.98. The molecule has 0 radical (unpaired) electrons. The second-order valence-corrected chi connectivity index (χ2v) is 9.48. The van der Waals surface area contributed by atoms with E-state index < -0.39 is 46.0 Å². The standard InChI is InChI=1S/C14H26BN3O7S/c16-12(3-4-12)13(5-6-13)25-26(23,24)18-8-10(2-1-7-15(21)22)14(17,9-18)11(19)20/h10,21-22H,1-9,16-17H2,(H,19,20)/t10-,14-/m0/s1. The molecule has 0 amide bonds. The van der Waals surface area contributed by atoms with Crippen LogP contribution in [-0.4, -0.2) is 70.7 Å². The second-order valence-electron chi connectivity index (χ2n) is 7.94. The van der Waals surface area contributed by atoms with Gasteiger partial charge in [0.25, 0.3) is 0 Å². The van der Waals surface area contributed by atoms with Gasteiger partial charge >= 0.3 is 23.4 Å². The fraction of sp³-hybridized carbons (Fsp3) is 0.929. The Labute approximate surface area is 152 Å². The van der Waals surface area contributed by atoms with Crippen LogP contribution in [0.4, 0.5) is 0 Å². The van der Waals surface area contributed by atoms with Gasteiger partial charge in [-0.05, 0) is 38.4 Å². The number of nitrogens with two attached hydrogens (primary N) is 2. The molecule has 2 aliphatic carbocycles. The van der Waals surface area contributed by atoms with Gasteiger partial charge in [-0.15, -0.1) is 0 Å². The van der Waals surface area contributed by atoms with Crippen molar-refractivity contribution in [2.24, 2.45) is 17.4 Å². The molecule has 26 heavy (non-hydrogen) atoms. The molecule has 3 aliphatic rings. The van der Waals surface area contributed by atoms with E-state index in [0.29, 0.717) is 32.1 Å². The number of aliphatic carboxylic acids is 1. The number of hydrogen-bond acceptors (Lipinski definition) is 8. The molecular formula is C14H26BN3O7S. The minimum Gasteiger partial charge on any atom is -0.480 e. The summed E-state index contributed by atoms with van der Waals surface area (Å²) in [5.74, 6) is -1.94. The Bertz CT molecular complexity index is 680. The number of carboxylic acids is 1. The van der Waals surface area contributed by atoms with Crippen molar-refractivity contribution in [3.63, 3.8) is 0 Å². The first-order valence-corrected chi connectivity index (χ1v) is 10.2. The largest absolute Gasteiger partial charge is 0.480 e. The molecule has 0 bridgehead atoms. The summed E-state index contributed by atoms with van der Waals surface area (Å²) in [5, 5.41) is 27.4. The van der Waals surface area contributed by atoms with Crippen LogP contribution in [0.1, 0.15) is 38.5 Å². The Hall–Kier alpha value is -0.755. The van der Waals surface area contributed by atoms with Crippen molar-refractivity contribution in [3.8, 4) is 0 Å². The molecule has 1 heterocycles. The quantitative estimate of drug-likeness (QED) is 0.285. The average Bonchev–Trinajstić information content (AvgIpc) is 3.42. The van der Waals surface area contributed by atoms with Crippen LogP contribution in [0.25, 0.3) is 0 Å². The molecular weight excluding hydrogens is 365 g/mol. The summed E-state index contributed by atoms with van der Waals surface area (Å²) >= 11 is 0. The fourth-order valence-corrected chi connectivity index (χ4v) is 5.40. The van der Waals surface area contributed by atoms with E-state index in [2.05, 4.69) is 0 Å². The summed E-state index contributed by atoms with van der Waals surface area (Å²) in [7, 11) is -5.66. The van der Waals surface area contributed by atoms with E-state index >= 15 is 0 Å². The number of carboxylic acid groups (broad SMARTS) is 1. The Balaban J connectivity index is 1.71. The van der Waals surface area contributed by atoms with Gasteiger partial charge in [-0.3, -0.25) is 4.79 Å². The zero-order valence-electron chi connectivity index (χ0n) is 14.5. The van der Waals surface area contributed by atoms with E-state index in [1.54, 1.807) is 0 Å². The minimum atomic E-state index is -4.17. The topological polar surface area (TPSA) is 176 Å². The van der Waals surface area contributed by atoms with Gasteiger partial charge in [-0.1, -0.05) is 6.42 Å². The molecule has 0 aromatic carbocycles. The number of carbonyl (C=O) groups is 1. The highest BCUT2D eigenvalue weighted by atomic mass is 32.2. The summed E-state index contributed by atoms with van der Waals surface area (Å²) in [5.41, 5.74) is 8.94.